The number of benzene rings is 1. The lowest BCUT2D eigenvalue weighted by atomic mass is 10.1. The Bertz CT molecular complexity index is 570. The van der Waals surface area contributed by atoms with E-state index in [1.165, 1.54) is 6.07 Å². The highest BCUT2D eigenvalue weighted by Gasteiger charge is 2.11. The summed E-state index contributed by atoms with van der Waals surface area (Å²) in [5.41, 5.74) is 3.11. The van der Waals surface area contributed by atoms with Crippen LogP contribution in [0.15, 0.2) is 30.9 Å². The molecule has 0 aliphatic heterocycles. The zero-order valence-corrected chi connectivity index (χ0v) is 8.99. The Morgan fingerprint density at radius 2 is 2.31 bits per heavy atom. The molecule has 1 heterocycles. The summed E-state index contributed by atoms with van der Waals surface area (Å²) >= 11 is 0. The molecule has 0 spiro atoms. The maximum Gasteiger partial charge on any atom is 0.271 e. The molecule has 0 aliphatic carbocycles. The van der Waals surface area contributed by atoms with Crippen molar-refractivity contribution in [3.8, 4) is 0 Å². The Hall–Kier alpha value is -2.10. The summed E-state index contributed by atoms with van der Waals surface area (Å²) in [6, 6.07) is 4.88. The van der Waals surface area contributed by atoms with Gasteiger partial charge in [0.15, 0.2) is 0 Å². The van der Waals surface area contributed by atoms with Crippen LogP contribution in [0.1, 0.15) is 11.3 Å². The van der Waals surface area contributed by atoms with Gasteiger partial charge in [-0.25, -0.2) is 0 Å². The number of non-ortho nitro benzene ring substituents is 1. The molecule has 4 heteroatoms. The van der Waals surface area contributed by atoms with Crippen molar-refractivity contribution in [3.05, 3.63) is 52.2 Å². The first-order chi connectivity index (χ1) is 7.63. The van der Waals surface area contributed by atoms with Crippen LogP contribution in [0.3, 0.4) is 0 Å². The summed E-state index contributed by atoms with van der Waals surface area (Å²) in [5, 5.41) is 11.7. The van der Waals surface area contributed by atoms with E-state index >= 15 is 0 Å². The Balaban J connectivity index is 2.64. The summed E-state index contributed by atoms with van der Waals surface area (Å²) in [6.45, 7) is 5.67. The number of hydrogen-bond acceptors (Lipinski definition) is 2. The number of nitrogens with zero attached hydrogens (tertiary/aromatic N) is 1. The Kier molecular flexibility index (Phi) is 2.48. The number of aromatic nitrogens is 1. The Morgan fingerprint density at radius 1 is 1.56 bits per heavy atom. The van der Waals surface area contributed by atoms with Crippen LogP contribution in [0.2, 0.25) is 0 Å². The highest BCUT2D eigenvalue weighted by molar-refractivity contribution is 5.86. The Labute approximate surface area is 92.7 Å². The zero-order valence-electron chi connectivity index (χ0n) is 8.99. The minimum atomic E-state index is -0.386. The van der Waals surface area contributed by atoms with E-state index in [1.54, 1.807) is 12.1 Å². The number of aryl methyl sites for hydroxylation is 1. The topological polar surface area (TPSA) is 58.9 Å². The van der Waals surface area contributed by atoms with Crippen LogP contribution in [-0.2, 0) is 6.42 Å². The lowest BCUT2D eigenvalue weighted by Gasteiger charge is -1.95. The molecule has 82 valence electrons. The average Bonchev–Trinajstić information content (AvgIpc) is 2.55. The summed E-state index contributed by atoms with van der Waals surface area (Å²) in [7, 11) is 0. The van der Waals surface area contributed by atoms with Crippen molar-refractivity contribution in [3.63, 3.8) is 0 Å². The van der Waals surface area contributed by atoms with Gasteiger partial charge in [-0.2, -0.15) is 0 Å². The first kappa shape index (κ1) is 10.4. The summed E-state index contributed by atoms with van der Waals surface area (Å²) in [5.74, 6) is 0. The number of hydrogen-bond donors (Lipinski definition) is 1. The molecule has 1 aromatic heterocycles. The molecule has 0 aliphatic rings. The van der Waals surface area contributed by atoms with Crippen molar-refractivity contribution in [2.45, 2.75) is 13.3 Å². The van der Waals surface area contributed by atoms with Crippen molar-refractivity contribution in [1.29, 1.82) is 0 Å². The number of aromatic amines is 1. The fourth-order valence-corrected chi connectivity index (χ4v) is 1.90. The van der Waals surface area contributed by atoms with E-state index < -0.39 is 0 Å². The first-order valence-corrected chi connectivity index (χ1v) is 5.00. The van der Waals surface area contributed by atoms with Gasteiger partial charge in [0.05, 0.1) is 10.4 Å². The number of allylic oxidation sites excluding steroid dienone is 1. The third-order valence-electron chi connectivity index (χ3n) is 2.66. The number of nitrogens with one attached hydrogen (secondary N) is 1. The second-order valence-corrected chi connectivity index (χ2v) is 3.71. The van der Waals surface area contributed by atoms with Gasteiger partial charge in [-0.05, 0) is 25.0 Å². The highest BCUT2D eigenvalue weighted by Crippen LogP contribution is 2.26. The van der Waals surface area contributed by atoms with E-state index in [1.807, 2.05) is 13.0 Å². The molecule has 2 aromatic rings. The van der Waals surface area contributed by atoms with E-state index in [0.29, 0.717) is 0 Å². The molecule has 0 atom stereocenters. The lowest BCUT2D eigenvalue weighted by Crippen LogP contribution is -1.87. The van der Waals surface area contributed by atoms with Gasteiger partial charge in [0.25, 0.3) is 5.69 Å². The van der Waals surface area contributed by atoms with Gasteiger partial charge >= 0.3 is 0 Å². The molecule has 2 rings (SSSR count). The van der Waals surface area contributed by atoms with Crippen LogP contribution in [-0.4, -0.2) is 9.91 Å². The van der Waals surface area contributed by atoms with E-state index in [9.17, 15) is 10.1 Å². The molecule has 4 nitrogen and oxygen atoms in total. The van der Waals surface area contributed by atoms with Gasteiger partial charge in [-0.15, -0.1) is 6.58 Å². The normalized spacial score (nSPS) is 10.6. The van der Waals surface area contributed by atoms with E-state index in [4.69, 9.17) is 0 Å². The first-order valence-electron chi connectivity index (χ1n) is 5.00. The Morgan fingerprint density at radius 3 is 2.94 bits per heavy atom. The molecule has 0 saturated heterocycles. The number of H-pyrrole nitrogens is 1. The lowest BCUT2D eigenvalue weighted by molar-refractivity contribution is -0.384. The van der Waals surface area contributed by atoms with Crippen molar-refractivity contribution in [2.24, 2.45) is 0 Å². The molecule has 0 bridgehead atoms. The second-order valence-electron chi connectivity index (χ2n) is 3.71. The van der Waals surface area contributed by atoms with Crippen molar-refractivity contribution in [1.82, 2.24) is 4.98 Å². The molecule has 0 unspecified atom stereocenters. The molecule has 0 fully saturated rings. The third-order valence-corrected chi connectivity index (χ3v) is 2.66. The molecular weight excluding hydrogens is 204 g/mol. The summed E-state index contributed by atoms with van der Waals surface area (Å²) < 4.78 is 0. The van der Waals surface area contributed by atoms with E-state index in [-0.39, 0.29) is 10.6 Å². The van der Waals surface area contributed by atoms with E-state index in [2.05, 4.69) is 11.6 Å². The van der Waals surface area contributed by atoms with Gasteiger partial charge in [0.1, 0.15) is 0 Å². The largest absolute Gasteiger partial charge is 0.358 e. The quantitative estimate of drug-likeness (QED) is 0.487. The number of nitro benzene ring substituents is 1. The van der Waals surface area contributed by atoms with E-state index in [0.717, 1.165) is 28.6 Å². The number of nitro groups is 1. The molecule has 0 saturated carbocycles. The van der Waals surface area contributed by atoms with Crippen LogP contribution in [0.4, 0.5) is 5.69 Å². The fraction of sp³-hybridized carbons (Fsp3) is 0.167. The van der Waals surface area contributed by atoms with Crippen LogP contribution in [0.25, 0.3) is 10.9 Å². The smallest absolute Gasteiger partial charge is 0.271 e. The predicted octanol–water partition coefficient (Wildman–Crippen LogP) is 3.11. The highest BCUT2D eigenvalue weighted by atomic mass is 16.6. The fourth-order valence-electron chi connectivity index (χ4n) is 1.90. The maximum atomic E-state index is 10.6. The SMILES string of the molecule is C=CCc1c(C)[nH]c2cc([N+](=O)[O-])ccc12. The van der Waals surface area contributed by atoms with Crippen LogP contribution < -0.4 is 0 Å². The van der Waals surface area contributed by atoms with Crippen molar-refractivity contribution >= 4 is 16.6 Å². The third kappa shape index (κ3) is 1.58. The average molecular weight is 216 g/mol. The molecule has 16 heavy (non-hydrogen) atoms. The zero-order chi connectivity index (χ0) is 11.7. The van der Waals surface area contributed by atoms with Crippen LogP contribution in [0.5, 0.6) is 0 Å². The second kappa shape index (κ2) is 3.81. The molecule has 1 aromatic carbocycles. The van der Waals surface area contributed by atoms with Crippen molar-refractivity contribution < 1.29 is 4.92 Å². The maximum absolute atomic E-state index is 10.6. The molecule has 1 N–H and O–H groups in total. The van der Waals surface area contributed by atoms with Gasteiger partial charge in [0.2, 0.25) is 0 Å². The summed E-state index contributed by atoms with van der Waals surface area (Å²) in [6.07, 6.45) is 2.60. The monoisotopic (exact) mass is 216 g/mol. The molecular formula is C12H12N2O2. The van der Waals surface area contributed by atoms with Gasteiger partial charge in [0, 0.05) is 23.2 Å². The van der Waals surface area contributed by atoms with Crippen LogP contribution >= 0.6 is 0 Å². The van der Waals surface area contributed by atoms with Gasteiger partial charge in [-0.1, -0.05) is 6.08 Å². The van der Waals surface area contributed by atoms with Gasteiger partial charge in [-0.3, -0.25) is 10.1 Å². The van der Waals surface area contributed by atoms with Crippen LogP contribution in [0, 0.1) is 17.0 Å². The number of rotatable bonds is 3. The summed E-state index contributed by atoms with van der Waals surface area (Å²) in [4.78, 5) is 13.4. The molecule has 0 radical (unpaired) electrons. The predicted molar refractivity (Wildman–Crippen MR) is 63.6 cm³/mol. The van der Waals surface area contributed by atoms with Crippen molar-refractivity contribution in [2.75, 3.05) is 0 Å². The minimum absolute atomic E-state index is 0.110. The number of fused-ring (bicyclic) bond motifs is 1. The standard InChI is InChI=1S/C12H12N2O2/c1-3-4-10-8(2)13-12-7-9(14(15)16)5-6-11(10)12/h3,5-7,13H,1,4H2,2H3. The van der Waals surface area contributed by atoms with Gasteiger partial charge < -0.3 is 4.98 Å². The molecule has 0 amide bonds. The minimum Gasteiger partial charge on any atom is -0.358 e.